The fraction of sp³-hybridized carbons (Fsp3) is 0. The van der Waals surface area contributed by atoms with Crippen molar-refractivity contribution in [3.05, 3.63) is 83.6 Å². The van der Waals surface area contributed by atoms with Gasteiger partial charge in [0.25, 0.3) is 0 Å². The van der Waals surface area contributed by atoms with Crippen LogP contribution in [0.15, 0.2) is 83.6 Å². The van der Waals surface area contributed by atoms with Crippen molar-refractivity contribution in [2.45, 2.75) is 0 Å². The summed E-state index contributed by atoms with van der Waals surface area (Å²) in [6.45, 7) is 0. The molecule has 3 heteroatoms. The minimum atomic E-state index is 0.990. The van der Waals surface area contributed by atoms with E-state index in [1.165, 1.54) is 27.4 Å². The zero-order valence-electron chi connectivity index (χ0n) is 12.8. The number of hydrogen-bond donors (Lipinski definition) is 0. The Bertz CT molecular complexity index is 1210. The molecule has 114 valence electrons. The van der Waals surface area contributed by atoms with Crippen molar-refractivity contribution in [1.82, 2.24) is 9.38 Å². The summed E-state index contributed by atoms with van der Waals surface area (Å²) in [6.07, 6.45) is 3.90. The monoisotopic (exact) mass is 372 g/mol. The van der Waals surface area contributed by atoms with Crippen molar-refractivity contribution in [3.63, 3.8) is 0 Å². The molecule has 24 heavy (non-hydrogen) atoms. The van der Waals surface area contributed by atoms with Crippen LogP contribution in [0.1, 0.15) is 0 Å². The Kier molecular flexibility index (Phi) is 2.97. The van der Waals surface area contributed by atoms with E-state index >= 15 is 0 Å². The Morgan fingerprint density at radius 1 is 0.750 bits per heavy atom. The van der Waals surface area contributed by atoms with Crippen LogP contribution in [0.4, 0.5) is 0 Å². The molecule has 0 aliphatic rings. The fourth-order valence-corrected chi connectivity index (χ4v) is 3.76. The summed E-state index contributed by atoms with van der Waals surface area (Å²) in [5.74, 6) is 0. The average molecular weight is 373 g/mol. The summed E-state index contributed by atoms with van der Waals surface area (Å²) in [5.41, 5.74) is 4.61. The predicted molar refractivity (Wildman–Crippen MR) is 103 cm³/mol. The van der Waals surface area contributed by atoms with Crippen molar-refractivity contribution >= 4 is 43.3 Å². The molecule has 0 aliphatic heterocycles. The first-order chi connectivity index (χ1) is 11.8. The minimum absolute atomic E-state index is 0.990. The van der Waals surface area contributed by atoms with Crippen LogP contribution in [-0.4, -0.2) is 9.38 Å². The van der Waals surface area contributed by atoms with E-state index in [1.807, 2.05) is 18.5 Å². The molecule has 0 bridgehead atoms. The third-order valence-electron chi connectivity index (χ3n) is 4.52. The maximum absolute atomic E-state index is 4.58. The van der Waals surface area contributed by atoms with E-state index in [-0.39, 0.29) is 0 Å². The van der Waals surface area contributed by atoms with Crippen LogP contribution < -0.4 is 0 Å². The normalized spacial score (nSPS) is 11.5. The fourth-order valence-electron chi connectivity index (χ4n) is 3.40. The van der Waals surface area contributed by atoms with Gasteiger partial charge in [-0.25, -0.2) is 4.98 Å². The summed E-state index contributed by atoms with van der Waals surface area (Å²) in [5, 5.41) is 3.63. The molecule has 0 unspecified atom stereocenters. The number of rotatable bonds is 1. The van der Waals surface area contributed by atoms with Gasteiger partial charge in [-0.3, -0.25) is 4.40 Å². The summed E-state index contributed by atoms with van der Waals surface area (Å²) in [6, 6.07) is 23.5. The molecule has 0 aliphatic carbocycles. The Labute approximate surface area is 147 Å². The Morgan fingerprint density at radius 2 is 1.58 bits per heavy atom. The van der Waals surface area contributed by atoms with Gasteiger partial charge in [0.2, 0.25) is 0 Å². The maximum atomic E-state index is 4.58. The van der Waals surface area contributed by atoms with Gasteiger partial charge >= 0.3 is 0 Å². The molecular formula is C21H13BrN2. The van der Waals surface area contributed by atoms with Crippen molar-refractivity contribution < 1.29 is 0 Å². The largest absolute Gasteiger partial charge is 0.299 e. The molecule has 0 N–H and O–H groups in total. The first-order valence-electron chi connectivity index (χ1n) is 7.85. The molecule has 0 fully saturated rings. The molecule has 5 rings (SSSR count). The quantitative estimate of drug-likeness (QED) is 0.326. The van der Waals surface area contributed by atoms with E-state index in [4.69, 9.17) is 0 Å². The number of nitrogens with zero attached hydrogens (tertiary/aromatic N) is 2. The molecule has 0 amide bonds. The lowest BCUT2D eigenvalue weighted by atomic mass is 10.0. The van der Waals surface area contributed by atoms with Gasteiger partial charge in [-0.05, 0) is 34.7 Å². The van der Waals surface area contributed by atoms with Gasteiger partial charge in [0.15, 0.2) is 0 Å². The zero-order chi connectivity index (χ0) is 16.1. The van der Waals surface area contributed by atoms with Crippen molar-refractivity contribution in [2.75, 3.05) is 0 Å². The second-order valence-electron chi connectivity index (χ2n) is 5.91. The van der Waals surface area contributed by atoms with Gasteiger partial charge in [-0.15, -0.1) is 0 Å². The lowest BCUT2D eigenvalue weighted by Crippen LogP contribution is -1.91. The van der Waals surface area contributed by atoms with E-state index in [9.17, 15) is 0 Å². The van der Waals surface area contributed by atoms with Crippen LogP contribution in [0.5, 0.6) is 0 Å². The summed E-state index contributed by atoms with van der Waals surface area (Å²) < 4.78 is 3.25. The van der Waals surface area contributed by atoms with E-state index < -0.39 is 0 Å². The molecule has 2 heterocycles. The van der Waals surface area contributed by atoms with Gasteiger partial charge in [0.05, 0.1) is 5.52 Å². The average Bonchev–Trinajstić information content (AvgIpc) is 3.12. The highest BCUT2D eigenvalue weighted by Gasteiger charge is 2.10. The minimum Gasteiger partial charge on any atom is -0.299 e. The van der Waals surface area contributed by atoms with Crippen LogP contribution in [0, 0.1) is 0 Å². The van der Waals surface area contributed by atoms with Gasteiger partial charge in [0.1, 0.15) is 5.65 Å². The topological polar surface area (TPSA) is 17.3 Å². The third kappa shape index (κ3) is 1.98. The van der Waals surface area contributed by atoms with Crippen LogP contribution in [0.25, 0.3) is 38.4 Å². The number of halogens is 1. The van der Waals surface area contributed by atoms with Crippen LogP contribution in [0.2, 0.25) is 0 Å². The van der Waals surface area contributed by atoms with E-state index in [0.29, 0.717) is 0 Å². The number of pyridine rings is 1. The molecule has 0 radical (unpaired) electrons. The zero-order valence-corrected chi connectivity index (χ0v) is 14.4. The van der Waals surface area contributed by atoms with Crippen molar-refractivity contribution in [3.8, 4) is 11.1 Å². The van der Waals surface area contributed by atoms with Crippen molar-refractivity contribution in [1.29, 1.82) is 0 Å². The molecule has 3 aromatic carbocycles. The highest BCUT2D eigenvalue weighted by molar-refractivity contribution is 9.10. The third-order valence-corrected chi connectivity index (χ3v) is 5.01. The number of aromatic nitrogens is 2. The molecule has 2 aromatic heterocycles. The lowest BCUT2D eigenvalue weighted by Gasteiger charge is -2.11. The maximum Gasteiger partial charge on any atom is 0.145 e. The predicted octanol–water partition coefficient (Wildman–Crippen LogP) is 6.07. The Hall–Kier alpha value is -2.65. The molecule has 5 aromatic rings. The number of benzene rings is 3. The molecular weight excluding hydrogens is 360 g/mol. The molecule has 0 atom stereocenters. The summed E-state index contributed by atoms with van der Waals surface area (Å²) >= 11 is 3.58. The molecule has 2 nitrogen and oxygen atoms in total. The standard InChI is InChI=1S/C21H13BrN2/c22-16-7-9-17-18-8-6-15(14-4-2-1-3-5-14)12-20(18)24-11-10-23-21(24)19(17)13-16/h1-13H. The second-order valence-corrected chi connectivity index (χ2v) is 6.82. The molecule has 0 saturated heterocycles. The molecule has 0 saturated carbocycles. The Balaban J connectivity index is 1.94. The first-order valence-corrected chi connectivity index (χ1v) is 8.64. The summed E-state index contributed by atoms with van der Waals surface area (Å²) in [7, 11) is 0. The van der Waals surface area contributed by atoms with Crippen molar-refractivity contribution in [2.24, 2.45) is 0 Å². The highest BCUT2D eigenvalue weighted by atomic mass is 79.9. The van der Waals surface area contributed by atoms with Crippen LogP contribution in [-0.2, 0) is 0 Å². The number of imidazole rings is 1. The molecule has 0 spiro atoms. The lowest BCUT2D eigenvalue weighted by molar-refractivity contribution is 1.27. The van der Waals surface area contributed by atoms with E-state index in [2.05, 4.69) is 86.0 Å². The van der Waals surface area contributed by atoms with Gasteiger partial charge in [-0.2, -0.15) is 0 Å². The highest BCUT2D eigenvalue weighted by Crippen LogP contribution is 2.33. The van der Waals surface area contributed by atoms with E-state index in [0.717, 1.165) is 15.5 Å². The Morgan fingerprint density at radius 3 is 2.46 bits per heavy atom. The van der Waals surface area contributed by atoms with Crippen LogP contribution >= 0.6 is 15.9 Å². The van der Waals surface area contributed by atoms with Gasteiger partial charge in [-0.1, -0.05) is 64.5 Å². The van der Waals surface area contributed by atoms with Crippen LogP contribution in [0.3, 0.4) is 0 Å². The smallest absolute Gasteiger partial charge is 0.145 e. The second kappa shape index (κ2) is 5.18. The van der Waals surface area contributed by atoms with Gasteiger partial charge in [0, 0.05) is 27.6 Å². The van der Waals surface area contributed by atoms with Gasteiger partial charge < -0.3 is 0 Å². The number of fused-ring (bicyclic) bond motifs is 6. The first kappa shape index (κ1) is 13.8. The number of hydrogen-bond acceptors (Lipinski definition) is 1. The SMILES string of the molecule is Brc1ccc2c3ccc(-c4ccccc4)cc3n3ccnc3c2c1. The summed E-state index contributed by atoms with van der Waals surface area (Å²) in [4.78, 5) is 4.58. The van der Waals surface area contributed by atoms with E-state index in [1.54, 1.807) is 0 Å².